The van der Waals surface area contributed by atoms with E-state index in [-0.39, 0.29) is 17.8 Å². The molecule has 1 fully saturated rings. The van der Waals surface area contributed by atoms with Crippen LogP contribution in [-0.2, 0) is 18.9 Å². The summed E-state index contributed by atoms with van der Waals surface area (Å²) in [6.45, 7) is 8.85. The van der Waals surface area contributed by atoms with E-state index in [9.17, 15) is 20.4 Å². The van der Waals surface area contributed by atoms with E-state index in [1.54, 1.807) is 7.11 Å². The molecule has 0 saturated carbocycles. The third-order valence-electron chi connectivity index (χ3n) is 4.57. The van der Waals surface area contributed by atoms with Gasteiger partial charge in [-0.1, -0.05) is 0 Å². The monoisotopic (exact) mass is 366 g/mol. The van der Waals surface area contributed by atoms with Crippen molar-refractivity contribution in [3.63, 3.8) is 0 Å². The van der Waals surface area contributed by atoms with Crippen LogP contribution in [0.3, 0.4) is 0 Å². The topological polar surface area (TPSA) is 118 Å². The average Bonchev–Trinajstić information content (AvgIpc) is 2.53. The Morgan fingerprint density at radius 3 is 2.04 bits per heavy atom. The molecule has 0 bridgehead atoms. The van der Waals surface area contributed by atoms with E-state index in [2.05, 4.69) is 0 Å². The summed E-state index contributed by atoms with van der Waals surface area (Å²) in [4.78, 5) is 0. The molecule has 8 nitrogen and oxygen atoms in total. The summed E-state index contributed by atoms with van der Waals surface area (Å²) >= 11 is 0. The highest BCUT2D eigenvalue weighted by Gasteiger charge is 2.43. The summed E-state index contributed by atoms with van der Waals surface area (Å²) in [7, 11) is 1.67. The van der Waals surface area contributed by atoms with Crippen LogP contribution in [0.25, 0.3) is 0 Å². The standard InChI is InChI=1S/C17H34O8/c1-16(2,22-5)7-9-24-17(3,4)6-8-23-10-11-12(18)13(19)14(20)15(21)25-11/h11-15,18-21H,6-10H2,1-5H3. The van der Waals surface area contributed by atoms with Crippen molar-refractivity contribution in [2.45, 2.75) is 82.4 Å². The third kappa shape index (κ3) is 7.44. The Hall–Kier alpha value is -0.320. The zero-order valence-corrected chi connectivity index (χ0v) is 15.8. The summed E-state index contributed by atoms with van der Waals surface area (Å²) in [5, 5.41) is 38.4. The quantitative estimate of drug-likeness (QED) is 0.393. The maximum Gasteiger partial charge on any atom is 0.184 e. The molecule has 8 heteroatoms. The highest BCUT2D eigenvalue weighted by atomic mass is 16.6. The second kappa shape index (κ2) is 9.57. The number of hydrogen-bond donors (Lipinski definition) is 4. The molecule has 1 aliphatic rings. The fourth-order valence-electron chi connectivity index (χ4n) is 2.33. The molecule has 5 unspecified atom stereocenters. The molecule has 4 N–H and O–H groups in total. The first kappa shape index (κ1) is 22.7. The van der Waals surface area contributed by atoms with Crippen LogP contribution >= 0.6 is 0 Å². The van der Waals surface area contributed by atoms with E-state index in [4.69, 9.17) is 18.9 Å². The predicted molar refractivity (Wildman–Crippen MR) is 90.1 cm³/mol. The van der Waals surface area contributed by atoms with Crippen molar-refractivity contribution in [1.29, 1.82) is 0 Å². The van der Waals surface area contributed by atoms with E-state index in [0.29, 0.717) is 19.6 Å². The highest BCUT2D eigenvalue weighted by molar-refractivity contribution is 4.88. The number of methoxy groups -OCH3 is 1. The van der Waals surface area contributed by atoms with Gasteiger partial charge in [0.15, 0.2) is 6.29 Å². The minimum atomic E-state index is -1.55. The lowest BCUT2D eigenvalue weighted by molar-refractivity contribution is -0.288. The van der Waals surface area contributed by atoms with Gasteiger partial charge in [-0.15, -0.1) is 0 Å². The third-order valence-corrected chi connectivity index (χ3v) is 4.57. The Kier molecular flexibility index (Phi) is 8.70. The van der Waals surface area contributed by atoms with Gasteiger partial charge in [-0.2, -0.15) is 0 Å². The normalized spacial score (nSPS) is 31.3. The first-order valence-electron chi connectivity index (χ1n) is 8.64. The molecule has 0 aromatic carbocycles. The van der Waals surface area contributed by atoms with Gasteiger partial charge in [-0.3, -0.25) is 0 Å². The summed E-state index contributed by atoms with van der Waals surface area (Å²) in [5.74, 6) is 0. The second-order valence-corrected chi connectivity index (χ2v) is 7.68. The second-order valence-electron chi connectivity index (χ2n) is 7.68. The fourth-order valence-corrected chi connectivity index (χ4v) is 2.33. The van der Waals surface area contributed by atoms with Crippen LogP contribution in [0, 0.1) is 0 Å². The highest BCUT2D eigenvalue weighted by Crippen LogP contribution is 2.21. The van der Waals surface area contributed by atoms with Crippen LogP contribution in [-0.4, -0.2) is 89.3 Å². The van der Waals surface area contributed by atoms with Crippen LogP contribution in [0.4, 0.5) is 0 Å². The number of ether oxygens (including phenoxy) is 4. The van der Waals surface area contributed by atoms with Crippen molar-refractivity contribution < 1.29 is 39.4 Å². The van der Waals surface area contributed by atoms with Gasteiger partial charge in [0, 0.05) is 13.7 Å². The Balaban J connectivity index is 2.27. The largest absolute Gasteiger partial charge is 0.387 e. The molecule has 0 amide bonds. The maximum atomic E-state index is 9.84. The lowest BCUT2D eigenvalue weighted by Crippen LogP contribution is -2.58. The van der Waals surface area contributed by atoms with Gasteiger partial charge in [-0.05, 0) is 40.5 Å². The summed E-state index contributed by atoms with van der Waals surface area (Å²) in [5.41, 5.74) is -0.613. The van der Waals surface area contributed by atoms with Gasteiger partial charge in [-0.25, -0.2) is 0 Å². The average molecular weight is 366 g/mol. The number of hydrogen-bond acceptors (Lipinski definition) is 8. The van der Waals surface area contributed by atoms with Gasteiger partial charge < -0.3 is 39.4 Å². The van der Waals surface area contributed by atoms with E-state index in [0.717, 1.165) is 6.42 Å². The van der Waals surface area contributed by atoms with Crippen molar-refractivity contribution >= 4 is 0 Å². The van der Waals surface area contributed by atoms with Crippen molar-refractivity contribution in [3.05, 3.63) is 0 Å². The molecule has 0 spiro atoms. The van der Waals surface area contributed by atoms with E-state index < -0.39 is 30.7 Å². The molecular formula is C17H34O8. The number of aliphatic hydroxyl groups excluding tert-OH is 4. The first-order valence-corrected chi connectivity index (χ1v) is 8.64. The van der Waals surface area contributed by atoms with E-state index >= 15 is 0 Å². The smallest absolute Gasteiger partial charge is 0.184 e. The predicted octanol–water partition coefficient (Wildman–Crippen LogP) is -0.197. The maximum absolute atomic E-state index is 9.84. The molecule has 1 rings (SSSR count). The van der Waals surface area contributed by atoms with Crippen LogP contribution in [0.2, 0.25) is 0 Å². The van der Waals surface area contributed by atoms with Gasteiger partial charge >= 0.3 is 0 Å². The van der Waals surface area contributed by atoms with Crippen LogP contribution in [0.5, 0.6) is 0 Å². The van der Waals surface area contributed by atoms with Crippen LogP contribution in [0.15, 0.2) is 0 Å². The fraction of sp³-hybridized carbons (Fsp3) is 1.00. The molecule has 0 aliphatic carbocycles. The first-order chi connectivity index (χ1) is 11.5. The molecule has 1 saturated heterocycles. The molecule has 1 aliphatic heterocycles. The number of rotatable bonds is 10. The zero-order valence-electron chi connectivity index (χ0n) is 15.8. The van der Waals surface area contributed by atoms with Crippen molar-refractivity contribution in [2.75, 3.05) is 26.9 Å². The SMILES string of the molecule is COC(C)(C)CCOC(C)(C)CCOCC1OC(O)C(O)C(O)C1O. The Bertz CT molecular complexity index is 387. The Labute approximate surface area is 149 Å². The van der Waals surface area contributed by atoms with Crippen molar-refractivity contribution in [2.24, 2.45) is 0 Å². The lowest BCUT2D eigenvalue weighted by Gasteiger charge is -2.38. The summed E-state index contributed by atoms with van der Waals surface area (Å²) < 4.78 is 21.8. The molecule has 25 heavy (non-hydrogen) atoms. The Morgan fingerprint density at radius 2 is 1.44 bits per heavy atom. The van der Waals surface area contributed by atoms with Gasteiger partial charge in [0.2, 0.25) is 0 Å². The summed E-state index contributed by atoms with van der Waals surface area (Å²) in [6, 6.07) is 0. The van der Waals surface area contributed by atoms with Crippen LogP contribution in [0.1, 0.15) is 40.5 Å². The molecule has 0 aromatic heterocycles. The molecule has 1 heterocycles. The molecule has 150 valence electrons. The van der Waals surface area contributed by atoms with Gasteiger partial charge in [0.1, 0.15) is 24.4 Å². The molecule has 0 aromatic rings. The minimum Gasteiger partial charge on any atom is -0.387 e. The molecule has 5 atom stereocenters. The zero-order chi connectivity index (χ0) is 19.3. The molecule has 0 radical (unpaired) electrons. The lowest BCUT2D eigenvalue weighted by atomic mass is 9.99. The van der Waals surface area contributed by atoms with E-state index in [1.807, 2.05) is 27.7 Å². The van der Waals surface area contributed by atoms with Crippen molar-refractivity contribution in [3.8, 4) is 0 Å². The van der Waals surface area contributed by atoms with Gasteiger partial charge in [0.25, 0.3) is 0 Å². The van der Waals surface area contributed by atoms with Gasteiger partial charge in [0.05, 0.1) is 24.4 Å². The summed E-state index contributed by atoms with van der Waals surface area (Å²) in [6.07, 6.45) is -5.38. The van der Waals surface area contributed by atoms with Crippen LogP contribution < -0.4 is 0 Å². The Morgan fingerprint density at radius 1 is 0.840 bits per heavy atom. The van der Waals surface area contributed by atoms with E-state index in [1.165, 1.54) is 0 Å². The minimum absolute atomic E-state index is 0.00517. The molecular weight excluding hydrogens is 332 g/mol. The number of aliphatic hydroxyl groups is 4. The van der Waals surface area contributed by atoms with Crippen molar-refractivity contribution in [1.82, 2.24) is 0 Å².